The zero-order valence-electron chi connectivity index (χ0n) is 14.6. The number of benzene rings is 1. The SMILES string of the molecule is CN(C)CCCNC(=O)[C@H]1CCC(=O)N(C)[C@H]1c1ccc(F)cc1. The summed E-state index contributed by atoms with van der Waals surface area (Å²) < 4.78 is 13.2. The van der Waals surface area contributed by atoms with Crippen LogP contribution in [0.4, 0.5) is 4.39 Å². The Balaban J connectivity index is 2.08. The fraction of sp³-hybridized carbons (Fsp3) is 0.556. The molecule has 132 valence electrons. The van der Waals surface area contributed by atoms with Gasteiger partial charge in [0.05, 0.1) is 12.0 Å². The first-order chi connectivity index (χ1) is 11.4. The average molecular weight is 335 g/mol. The standard InChI is InChI=1S/C18H26FN3O2/c1-21(2)12-4-11-20-18(24)15-9-10-16(23)22(3)17(15)13-5-7-14(19)8-6-13/h5-8,15,17H,4,9-12H2,1-3H3,(H,20,24)/t15-,17-/m0/s1. The molecule has 2 amide bonds. The van der Waals surface area contributed by atoms with Crippen molar-refractivity contribution in [1.29, 1.82) is 0 Å². The molecule has 2 atom stereocenters. The summed E-state index contributed by atoms with van der Waals surface area (Å²) in [7, 11) is 5.70. The van der Waals surface area contributed by atoms with Crippen LogP contribution in [0.15, 0.2) is 24.3 Å². The summed E-state index contributed by atoms with van der Waals surface area (Å²) in [5.74, 6) is -0.658. The van der Waals surface area contributed by atoms with Crippen molar-refractivity contribution in [3.63, 3.8) is 0 Å². The van der Waals surface area contributed by atoms with E-state index in [1.165, 1.54) is 12.1 Å². The van der Waals surface area contributed by atoms with Crippen molar-refractivity contribution in [3.8, 4) is 0 Å². The highest BCUT2D eigenvalue weighted by molar-refractivity contribution is 5.84. The van der Waals surface area contributed by atoms with E-state index < -0.39 is 0 Å². The number of nitrogens with zero attached hydrogens (tertiary/aromatic N) is 2. The molecule has 1 saturated heterocycles. The summed E-state index contributed by atoms with van der Waals surface area (Å²) in [4.78, 5) is 28.4. The summed E-state index contributed by atoms with van der Waals surface area (Å²) in [5, 5.41) is 2.98. The highest BCUT2D eigenvalue weighted by Gasteiger charge is 2.38. The van der Waals surface area contributed by atoms with Gasteiger partial charge in [0.25, 0.3) is 0 Å². The average Bonchev–Trinajstić information content (AvgIpc) is 2.54. The number of piperidine rings is 1. The van der Waals surface area contributed by atoms with Crippen LogP contribution in [0.5, 0.6) is 0 Å². The second kappa shape index (κ2) is 8.24. The summed E-state index contributed by atoms with van der Waals surface area (Å²) in [6.45, 7) is 1.52. The molecular formula is C18H26FN3O2. The van der Waals surface area contributed by atoms with Gasteiger partial charge in [-0.1, -0.05) is 12.1 Å². The Kier molecular flexibility index (Phi) is 6.31. The molecule has 0 saturated carbocycles. The van der Waals surface area contributed by atoms with Gasteiger partial charge < -0.3 is 15.1 Å². The number of likely N-dealkylation sites (tertiary alicyclic amines) is 1. The first-order valence-electron chi connectivity index (χ1n) is 8.33. The number of nitrogens with one attached hydrogen (secondary N) is 1. The molecule has 1 fully saturated rings. The Bertz CT molecular complexity index is 574. The Morgan fingerprint density at radius 1 is 1.33 bits per heavy atom. The number of hydrogen-bond acceptors (Lipinski definition) is 3. The number of halogens is 1. The maximum absolute atomic E-state index is 13.2. The van der Waals surface area contributed by atoms with Crippen LogP contribution in [-0.4, -0.2) is 55.8 Å². The number of carbonyl (C=O) groups is 2. The van der Waals surface area contributed by atoms with Gasteiger partial charge >= 0.3 is 0 Å². The van der Waals surface area contributed by atoms with Crippen molar-refractivity contribution in [1.82, 2.24) is 15.1 Å². The van der Waals surface area contributed by atoms with Gasteiger partial charge in [-0.25, -0.2) is 4.39 Å². The normalized spacial score (nSPS) is 21.2. The molecule has 0 spiro atoms. The fourth-order valence-corrected chi connectivity index (χ4v) is 3.17. The second-order valence-corrected chi connectivity index (χ2v) is 6.59. The van der Waals surface area contributed by atoms with Crippen LogP contribution >= 0.6 is 0 Å². The fourth-order valence-electron chi connectivity index (χ4n) is 3.17. The molecule has 2 rings (SSSR count). The van der Waals surface area contributed by atoms with Gasteiger partial charge in [-0.3, -0.25) is 9.59 Å². The second-order valence-electron chi connectivity index (χ2n) is 6.59. The number of hydrogen-bond donors (Lipinski definition) is 1. The number of rotatable bonds is 6. The van der Waals surface area contributed by atoms with E-state index in [1.807, 2.05) is 14.1 Å². The topological polar surface area (TPSA) is 52.7 Å². The molecule has 0 radical (unpaired) electrons. The lowest BCUT2D eigenvalue weighted by atomic mass is 9.84. The molecule has 1 aliphatic heterocycles. The predicted octanol–water partition coefficient (Wildman–Crippen LogP) is 1.80. The maximum Gasteiger partial charge on any atom is 0.225 e. The van der Waals surface area contributed by atoms with Gasteiger partial charge in [-0.05, 0) is 51.2 Å². The van der Waals surface area contributed by atoms with E-state index in [4.69, 9.17) is 0 Å². The van der Waals surface area contributed by atoms with Crippen LogP contribution in [0, 0.1) is 11.7 Å². The first-order valence-corrected chi connectivity index (χ1v) is 8.33. The number of carbonyl (C=O) groups excluding carboxylic acids is 2. The molecule has 0 aliphatic carbocycles. The van der Waals surface area contributed by atoms with Crippen molar-refractivity contribution in [2.24, 2.45) is 5.92 Å². The van der Waals surface area contributed by atoms with Gasteiger partial charge in [0.15, 0.2) is 0 Å². The van der Waals surface area contributed by atoms with Crippen molar-refractivity contribution in [2.45, 2.75) is 25.3 Å². The third-order valence-corrected chi connectivity index (χ3v) is 4.49. The first kappa shape index (κ1) is 18.4. The van der Waals surface area contributed by atoms with Crippen LogP contribution in [0.2, 0.25) is 0 Å². The van der Waals surface area contributed by atoms with E-state index in [0.717, 1.165) is 18.5 Å². The Labute approximate surface area is 142 Å². The van der Waals surface area contributed by atoms with E-state index >= 15 is 0 Å². The van der Waals surface area contributed by atoms with Crippen LogP contribution in [0.3, 0.4) is 0 Å². The van der Waals surface area contributed by atoms with Crippen LogP contribution in [-0.2, 0) is 9.59 Å². The Hall–Kier alpha value is -1.95. The monoisotopic (exact) mass is 335 g/mol. The molecule has 0 aromatic heterocycles. The highest BCUT2D eigenvalue weighted by Crippen LogP contribution is 2.35. The quantitative estimate of drug-likeness (QED) is 0.807. The van der Waals surface area contributed by atoms with Crippen LogP contribution in [0.25, 0.3) is 0 Å². The van der Waals surface area contributed by atoms with Gasteiger partial charge in [0, 0.05) is 20.0 Å². The van der Waals surface area contributed by atoms with E-state index in [1.54, 1.807) is 24.1 Å². The van der Waals surface area contributed by atoms with E-state index in [0.29, 0.717) is 19.4 Å². The number of amides is 2. The molecule has 6 heteroatoms. The van der Waals surface area contributed by atoms with Gasteiger partial charge in [-0.15, -0.1) is 0 Å². The summed E-state index contributed by atoms with van der Waals surface area (Å²) in [5.41, 5.74) is 0.792. The van der Waals surface area contributed by atoms with Crippen molar-refractivity contribution < 1.29 is 14.0 Å². The van der Waals surface area contributed by atoms with Crippen LogP contribution < -0.4 is 5.32 Å². The molecule has 5 nitrogen and oxygen atoms in total. The zero-order valence-corrected chi connectivity index (χ0v) is 14.6. The van der Waals surface area contributed by atoms with Gasteiger partial charge in [0.1, 0.15) is 5.82 Å². The minimum atomic E-state index is -0.347. The smallest absolute Gasteiger partial charge is 0.225 e. The van der Waals surface area contributed by atoms with Gasteiger partial charge in [0.2, 0.25) is 11.8 Å². The molecule has 0 bridgehead atoms. The summed E-state index contributed by atoms with van der Waals surface area (Å²) in [6, 6.07) is 5.70. The minimum absolute atomic E-state index is 0.0148. The third-order valence-electron chi connectivity index (χ3n) is 4.49. The molecule has 1 aromatic rings. The van der Waals surface area contributed by atoms with Crippen molar-refractivity contribution in [2.75, 3.05) is 34.2 Å². The molecular weight excluding hydrogens is 309 g/mol. The van der Waals surface area contributed by atoms with E-state index in [-0.39, 0.29) is 29.6 Å². The van der Waals surface area contributed by atoms with Crippen molar-refractivity contribution in [3.05, 3.63) is 35.6 Å². The maximum atomic E-state index is 13.2. The van der Waals surface area contributed by atoms with Crippen molar-refractivity contribution >= 4 is 11.8 Å². The molecule has 1 aliphatic rings. The van der Waals surface area contributed by atoms with E-state index in [9.17, 15) is 14.0 Å². The van der Waals surface area contributed by atoms with E-state index in [2.05, 4.69) is 10.2 Å². The molecule has 24 heavy (non-hydrogen) atoms. The summed E-state index contributed by atoms with van der Waals surface area (Å²) >= 11 is 0. The Morgan fingerprint density at radius 3 is 2.62 bits per heavy atom. The van der Waals surface area contributed by atoms with Crippen LogP contribution in [0.1, 0.15) is 30.9 Å². The van der Waals surface area contributed by atoms with Gasteiger partial charge in [-0.2, -0.15) is 0 Å². The lowest BCUT2D eigenvalue weighted by molar-refractivity contribution is -0.141. The predicted molar refractivity (Wildman–Crippen MR) is 90.8 cm³/mol. The minimum Gasteiger partial charge on any atom is -0.356 e. The summed E-state index contributed by atoms with van der Waals surface area (Å²) in [6.07, 6.45) is 1.76. The third kappa shape index (κ3) is 4.54. The molecule has 1 heterocycles. The Morgan fingerprint density at radius 2 is 2.00 bits per heavy atom. The zero-order chi connectivity index (χ0) is 17.7. The molecule has 1 N–H and O–H groups in total. The lowest BCUT2D eigenvalue weighted by Gasteiger charge is -2.38. The largest absolute Gasteiger partial charge is 0.356 e. The molecule has 1 aromatic carbocycles. The molecule has 0 unspecified atom stereocenters. The lowest BCUT2D eigenvalue weighted by Crippen LogP contribution is -2.46. The highest BCUT2D eigenvalue weighted by atomic mass is 19.1.